The minimum Gasteiger partial charge on any atom is -0.409 e. The highest BCUT2D eigenvalue weighted by Crippen LogP contribution is 2.27. The maximum atomic E-state index is 12.2. The third kappa shape index (κ3) is 2.13. The van der Waals surface area contributed by atoms with Gasteiger partial charge in [-0.15, -0.1) is 0 Å². The number of nitrogens with two attached hydrogens (primary N) is 1. The summed E-state index contributed by atoms with van der Waals surface area (Å²) < 4.78 is 0. The Bertz CT molecular complexity index is 302. The second-order valence-electron chi connectivity index (χ2n) is 5.27. The van der Waals surface area contributed by atoms with E-state index in [2.05, 4.69) is 19.0 Å². The number of hydrogen-bond acceptors (Lipinski definition) is 3. The highest BCUT2D eigenvalue weighted by molar-refractivity contribution is 6.05. The van der Waals surface area contributed by atoms with Gasteiger partial charge in [0.05, 0.1) is 0 Å². The van der Waals surface area contributed by atoms with Gasteiger partial charge in [-0.05, 0) is 25.7 Å². The summed E-state index contributed by atoms with van der Waals surface area (Å²) in [6.45, 7) is 9.13. The number of rotatable bonds is 2. The number of amides is 1. The third-order valence-electron chi connectivity index (χ3n) is 3.56. The average Bonchev–Trinajstić information content (AvgIpc) is 2.56. The summed E-state index contributed by atoms with van der Waals surface area (Å²) >= 11 is 0. The van der Waals surface area contributed by atoms with Crippen molar-refractivity contribution in [1.82, 2.24) is 4.90 Å². The lowest BCUT2D eigenvalue weighted by atomic mass is 9.90. The zero-order chi connectivity index (χ0) is 12.5. The number of oxime groups is 1. The van der Waals surface area contributed by atoms with Crippen LogP contribution in [0.4, 0.5) is 0 Å². The molecule has 1 heterocycles. The van der Waals surface area contributed by atoms with Gasteiger partial charge in [0.2, 0.25) is 5.91 Å². The minimum absolute atomic E-state index is 0.0373. The van der Waals surface area contributed by atoms with E-state index in [1.165, 1.54) is 0 Å². The zero-order valence-electron chi connectivity index (χ0n) is 10.4. The van der Waals surface area contributed by atoms with E-state index >= 15 is 0 Å². The first-order valence-corrected chi connectivity index (χ1v) is 5.58. The van der Waals surface area contributed by atoms with Gasteiger partial charge < -0.3 is 15.8 Å². The van der Waals surface area contributed by atoms with Gasteiger partial charge in [0.1, 0.15) is 5.41 Å². The van der Waals surface area contributed by atoms with Gasteiger partial charge in [0, 0.05) is 13.1 Å². The van der Waals surface area contributed by atoms with Crippen molar-refractivity contribution >= 4 is 11.7 Å². The van der Waals surface area contributed by atoms with Gasteiger partial charge in [0.15, 0.2) is 5.84 Å². The van der Waals surface area contributed by atoms with E-state index in [1.54, 1.807) is 18.7 Å². The monoisotopic (exact) mass is 227 g/mol. The molecule has 0 bridgehead atoms. The molecule has 0 radical (unpaired) electrons. The van der Waals surface area contributed by atoms with Gasteiger partial charge in [0.25, 0.3) is 0 Å². The van der Waals surface area contributed by atoms with Crippen molar-refractivity contribution in [3.63, 3.8) is 0 Å². The van der Waals surface area contributed by atoms with Gasteiger partial charge in [-0.3, -0.25) is 4.79 Å². The van der Waals surface area contributed by atoms with Crippen molar-refractivity contribution in [1.29, 1.82) is 0 Å². The Balaban J connectivity index is 2.80. The molecule has 1 amide bonds. The van der Waals surface area contributed by atoms with Crippen LogP contribution >= 0.6 is 0 Å². The molecule has 1 rings (SSSR count). The van der Waals surface area contributed by atoms with Crippen molar-refractivity contribution in [2.45, 2.75) is 27.7 Å². The predicted molar refractivity (Wildman–Crippen MR) is 62.1 cm³/mol. The predicted octanol–water partition coefficient (Wildman–Crippen LogP) is 0.873. The number of carbonyl (C=O) groups excluding carboxylic acids is 1. The number of hydrogen-bond donors (Lipinski definition) is 2. The fourth-order valence-electron chi connectivity index (χ4n) is 1.93. The van der Waals surface area contributed by atoms with Crippen LogP contribution in [-0.4, -0.2) is 34.9 Å². The van der Waals surface area contributed by atoms with Crippen molar-refractivity contribution in [3.05, 3.63) is 0 Å². The first-order valence-electron chi connectivity index (χ1n) is 5.58. The van der Waals surface area contributed by atoms with E-state index in [-0.39, 0.29) is 11.7 Å². The Morgan fingerprint density at radius 2 is 1.81 bits per heavy atom. The van der Waals surface area contributed by atoms with Gasteiger partial charge in [-0.2, -0.15) is 0 Å². The van der Waals surface area contributed by atoms with E-state index in [4.69, 9.17) is 10.9 Å². The zero-order valence-corrected chi connectivity index (χ0v) is 10.4. The molecule has 5 heteroatoms. The Kier molecular flexibility index (Phi) is 3.45. The molecule has 0 aromatic heterocycles. The molecular weight excluding hydrogens is 206 g/mol. The van der Waals surface area contributed by atoms with Crippen LogP contribution in [0.15, 0.2) is 5.16 Å². The molecule has 1 fully saturated rings. The molecule has 3 N–H and O–H groups in total. The molecular formula is C11H21N3O2. The fraction of sp³-hybridized carbons (Fsp3) is 0.818. The van der Waals surface area contributed by atoms with Gasteiger partial charge in [-0.1, -0.05) is 19.0 Å². The van der Waals surface area contributed by atoms with Crippen LogP contribution in [0.1, 0.15) is 27.7 Å². The van der Waals surface area contributed by atoms with Crippen molar-refractivity contribution in [2.75, 3.05) is 13.1 Å². The largest absolute Gasteiger partial charge is 0.409 e. The highest BCUT2D eigenvalue weighted by atomic mass is 16.4. The molecule has 0 aromatic rings. The van der Waals surface area contributed by atoms with Crippen molar-refractivity contribution in [2.24, 2.45) is 28.1 Å². The first-order chi connectivity index (χ1) is 7.30. The second kappa shape index (κ2) is 4.31. The average molecular weight is 227 g/mol. The second-order valence-corrected chi connectivity index (χ2v) is 5.27. The number of amidine groups is 1. The first kappa shape index (κ1) is 12.8. The summed E-state index contributed by atoms with van der Waals surface area (Å²) in [7, 11) is 0. The molecule has 1 aliphatic heterocycles. The van der Waals surface area contributed by atoms with Crippen LogP contribution in [0.25, 0.3) is 0 Å². The quantitative estimate of drug-likeness (QED) is 0.318. The molecule has 2 atom stereocenters. The maximum absolute atomic E-state index is 12.2. The molecule has 92 valence electrons. The minimum atomic E-state index is -0.932. The fourth-order valence-corrected chi connectivity index (χ4v) is 1.93. The molecule has 0 aromatic carbocycles. The molecule has 1 saturated heterocycles. The Labute approximate surface area is 96.3 Å². The summed E-state index contributed by atoms with van der Waals surface area (Å²) in [5.74, 6) is 0.905. The summed E-state index contributed by atoms with van der Waals surface area (Å²) in [5, 5.41) is 11.6. The molecule has 16 heavy (non-hydrogen) atoms. The lowest BCUT2D eigenvalue weighted by Gasteiger charge is -2.28. The van der Waals surface area contributed by atoms with E-state index in [9.17, 15) is 4.79 Å². The molecule has 0 aliphatic carbocycles. The van der Waals surface area contributed by atoms with Crippen molar-refractivity contribution < 1.29 is 10.0 Å². The summed E-state index contributed by atoms with van der Waals surface area (Å²) in [6.07, 6.45) is 0. The van der Waals surface area contributed by atoms with Crippen LogP contribution in [0, 0.1) is 17.3 Å². The van der Waals surface area contributed by atoms with Gasteiger partial charge in [-0.25, -0.2) is 0 Å². The SMILES string of the molecule is CC1CN(C(=O)C(C)(C)C(N)=NO)CC1C. The topological polar surface area (TPSA) is 78.9 Å². The van der Waals surface area contributed by atoms with Crippen LogP contribution in [0.2, 0.25) is 0 Å². The maximum Gasteiger partial charge on any atom is 0.235 e. The molecule has 1 aliphatic rings. The van der Waals surface area contributed by atoms with Crippen LogP contribution in [-0.2, 0) is 4.79 Å². The van der Waals surface area contributed by atoms with E-state index in [0.717, 1.165) is 13.1 Å². The molecule has 2 unspecified atom stereocenters. The number of nitrogens with zero attached hydrogens (tertiary/aromatic N) is 2. The Morgan fingerprint density at radius 3 is 2.19 bits per heavy atom. The third-order valence-corrected chi connectivity index (χ3v) is 3.56. The lowest BCUT2D eigenvalue weighted by Crippen LogP contribution is -2.47. The van der Waals surface area contributed by atoms with Crippen molar-refractivity contribution in [3.8, 4) is 0 Å². The molecule has 0 saturated carbocycles. The molecule has 5 nitrogen and oxygen atoms in total. The van der Waals surface area contributed by atoms with Crippen LogP contribution in [0.5, 0.6) is 0 Å². The smallest absolute Gasteiger partial charge is 0.235 e. The highest BCUT2D eigenvalue weighted by Gasteiger charge is 2.40. The van der Waals surface area contributed by atoms with Gasteiger partial charge >= 0.3 is 0 Å². The standard InChI is InChI=1S/C11H21N3O2/c1-7-5-14(6-8(7)2)10(15)11(3,4)9(12)13-16/h7-8,16H,5-6H2,1-4H3,(H2,12,13). The lowest BCUT2D eigenvalue weighted by molar-refractivity contribution is -0.136. The summed E-state index contributed by atoms with van der Waals surface area (Å²) in [6, 6.07) is 0. The van der Waals surface area contributed by atoms with E-state index in [1.807, 2.05) is 0 Å². The normalized spacial score (nSPS) is 27.2. The number of likely N-dealkylation sites (tertiary alicyclic amines) is 1. The summed E-state index contributed by atoms with van der Waals surface area (Å²) in [5.41, 5.74) is 4.61. The number of carbonyl (C=O) groups is 1. The van der Waals surface area contributed by atoms with E-state index in [0.29, 0.717) is 11.8 Å². The molecule has 0 spiro atoms. The Hall–Kier alpha value is -1.26. The Morgan fingerprint density at radius 1 is 1.38 bits per heavy atom. The van der Waals surface area contributed by atoms with Crippen LogP contribution < -0.4 is 5.73 Å². The van der Waals surface area contributed by atoms with Crippen LogP contribution in [0.3, 0.4) is 0 Å². The summed E-state index contributed by atoms with van der Waals surface area (Å²) in [4.78, 5) is 14.0. The van der Waals surface area contributed by atoms with E-state index < -0.39 is 5.41 Å².